The van der Waals surface area contributed by atoms with E-state index >= 15 is 0 Å². The lowest BCUT2D eigenvalue weighted by atomic mass is 10.1. The van der Waals surface area contributed by atoms with Crippen LogP contribution in [0.2, 0.25) is 0 Å². The minimum Gasteiger partial charge on any atom is -0.368 e. The molecule has 0 bridgehead atoms. The highest BCUT2D eigenvalue weighted by Gasteiger charge is 2.16. The zero-order valence-electron chi connectivity index (χ0n) is 20.8. The molecular formula is C22H22N10O6S2. The zero-order valence-corrected chi connectivity index (χ0v) is 22.4. The van der Waals surface area contributed by atoms with Gasteiger partial charge < -0.3 is 22.1 Å². The molecule has 2 aromatic heterocycles. The standard InChI is InChI=1S/C22H22N10O6S2/c1-11-25-19(23)31-21(27-11)29-15-7-5-13(17(9-15)39-38-37-33)3-4-14-6-8-16(10-18(14)40(34,35)36)30-22-28-12(2)26-20(24)32-22/h3-10,33H,1-2H3,(H,34,35,36)(H3,23,25,27,29,31)(H3,24,26,28,30,32)/b4-3+. The number of aromatic nitrogens is 6. The van der Waals surface area contributed by atoms with Crippen LogP contribution in [0.5, 0.6) is 0 Å². The van der Waals surface area contributed by atoms with Gasteiger partial charge >= 0.3 is 0 Å². The summed E-state index contributed by atoms with van der Waals surface area (Å²) in [5.41, 5.74) is 12.8. The van der Waals surface area contributed by atoms with Crippen LogP contribution in [-0.2, 0) is 19.5 Å². The van der Waals surface area contributed by atoms with E-state index in [2.05, 4.69) is 49.9 Å². The number of benzene rings is 2. The smallest absolute Gasteiger partial charge is 0.295 e. The lowest BCUT2D eigenvalue weighted by Gasteiger charge is -2.11. The highest BCUT2D eigenvalue weighted by atomic mass is 32.2. The third-order valence-corrected chi connectivity index (χ3v) is 6.51. The molecule has 0 saturated carbocycles. The number of hydrogen-bond donors (Lipinski definition) is 6. The van der Waals surface area contributed by atoms with Crippen LogP contribution in [0.1, 0.15) is 22.8 Å². The maximum atomic E-state index is 12.2. The van der Waals surface area contributed by atoms with Crippen LogP contribution >= 0.6 is 12.0 Å². The molecule has 208 valence electrons. The Morgan fingerprint density at radius 2 is 1.35 bits per heavy atom. The SMILES string of the molecule is Cc1nc(N)nc(Nc2ccc(/C=C/c3ccc(Nc4nc(C)nc(N)n4)cc3S(=O)(=O)O)c(SOOO)c2)n1. The molecule has 0 saturated heterocycles. The third kappa shape index (κ3) is 7.56. The molecule has 4 rings (SSSR count). The van der Waals surface area contributed by atoms with E-state index in [0.29, 0.717) is 39.8 Å². The van der Waals surface area contributed by atoms with E-state index in [1.54, 1.807) is 44.2 Å². The van der Waals surface area contributed by atoms with Gasteiger partial charge in [-0.1, -0.05) is 29.3 Å². The molecule has 0 spiro atoms. The minimum absolute atomic E-state index is 0.0115. The Kier molecular flexibility index (Phi) is 8.67. The Balaban J connectivity index is 1.64. The van der Waals surface area contributed by atoms with Crippen molar-refractivity contribution >= 4 is 69.5 Å². The van der Waals surface area contributed by atoms with Gasteiger partial charge in [-0.25, -0.2) is 5.26 Å². The predicted octanol–water partition coefficient (Wildman–Crippen LogP) is 3.17. The number of anilines is 6. The van der Waals surface area contributed by atoms with Crippen LogP contribution in [-0.4, -0.2) is 48.1 Å². The van der Waals surface area contributed by atoms with Gasteiger partial charge in [0.05, 0.1) is 12.0 Å². The van der Waals surface area contributed by atoms with Gasteiger partial charge in [0.15, 0.2) is 0 Å². The number of nitrogens with zero attached hydrogens (tertiary/aromatic N) is 6. The molecule has 0 radical (unpaired) electrons. The van der Waals surface area contributed by atoms with E-state index < -0.39 is 10.1 Å². The monoisotopic (exact) mass is 586 g/mol. The number of hydrogen-bond acceptors (Lipinski definition) is 16. The average Bonchev–Trinajstić information content (AvgIpc) is 2.85. The van der Waals surface area contributed by atoms with Crippen molar-refractivity contribution in [1.29, 1.82) is 0 Å². The van der Waals surface area contributed by atoms with Crippen molar-refractivity contribution in [2.45, 2.75) is 23.6 Å². The molecule has 0 amide bonds. The van der Waals surface area contributed by atoms with Gasteiger partial charge in [-0.15, -0.1) is 4.33 Å². The summed E-state index contributed by atoms with van der Waals surface area (Å²) in [5.74, 6) is 1.13. The van der Waals surface area contributed by atoms with Gasteiger partial charge in [-0.3, -0.25) is 4.55 Å². The van der Waals surface area contributed by atoms with Crippen molar-refractivity contribution in [3.63, 3.8) is 0 Å². The molecule has 0 fully saturated rings. The van der Waals surface area contributed by atoms with E-state index in [1.807, 2.05) is 0 Å². The fourth-order valence-corrected chi connectivity index (χ4v) is 4.62. The normalized spacial score (nSPS) is 11.6. The number of nitrogens with two attached hydrogens (primary N) is 2. The Labute approximate surface area is 231 Å². The molecule has 40 heavy (non-hydrogen) atoms. The molecule has 4 aromatic rings. The maximum Gasteiger partial charge on any atom is 0.295 e. The third-order valence-electron chi connectivity index (χ3n) is 4.94. The van der Waals surface area contributed by atoms with E-state index in [-0.39, 0.29) is 39.9 Å². The molecule has 0 unspecified atom stereocenters. The summed E-state index contributed by atoms with van der Waals surface area (Å²) in [5, 5.41) is 18.2. The summed E-state index contributed by atoms with van der Waals surface area (Å²) in [7, 11) is -4.63. The van der Waals surface area contributed by atoms with Crippen molar-refractivity contribution < 1.29 is 27.6 Å². The first-order chi connectivity index (χ1) is 19.0. The van der Waals surface area contributed by atoms with Crippen LogP contribution < -0.4 is 22.1 Å². The van der Waals surface area contributed by atoms with Gasteiger partial charge in [-0.2, -0.15) is 38.3 Å². The predicted molar refractivity (Wildman–Crippen MR) is 147 cm³/mol. The Morgan fingerprint density at radius 1 is 0.825 bits per heavy atom. The number of aryl methyl sites for hydroxylation is 2. The maximum absolute atomic E-state index is 12.2. The fourth-order valence-electron chi connectivity index (χ4n) is 3.40. The summed E-state index contributed by atoms with van der Waals surface area (Å²) >= 11 is 0.681. The molecule has 0 aliphatic carbocycles. The van der Waals surface area contributed by atoms with Crippen LogP contribution in [0.4, 0.5) is 35.2 Å². The van der Waals surface area contributed by atoms with Crippen molar-refractivity contribution in [2.75, 3.05) is 22.1 Å². The Morgan fingerprint density at radius 3 is 1.88 bits per heavy atom. The van der Waals surface area contributed by atoms with E-state index in [9.17, 15) is 13.0 Å². The van der Waals surface area contributed by atoms with Gasteiger partial charge in [-0.05, 0) is 49.2 Å². The van der Waals surface area contributed by atoms with Crippen LogP contribution in [0.3, 0.4) is 0 Å². The van der Waals surface area contributed by atoms with Gasteiger partial charge in [0.1, 0.15) is 16.5 Å². The van der Waals surface area contributed by atoms with Crippen molar-refractivity contribution in [3.8, 4) is 0 Å². The summed E-state index contributed by atoms with van der Waals surface area (Å²) < 4.78 is 38.8. The molecular weight excluding hydrogens is 564 g/mol. The highest BCUT2D eigenvalue weighted by Crippen LogP contribution is 2.31. The van der Waals surface area contributed by atoms with Crippen LogP contribution in [0.25, 0.3) is 12.2 Å². The highest BCUT2D eigenvalue weighted by molar-refractivity contribution is 7.94. The minimum atomic E-state index is -4.63. The van der Waals surface area contributed by atoms with Crippen LogP contribution in [0.15, 0.2) is 46.2 Å². The zero-order chi connectivity index (χ0) is 28.9. The summed E-state index contributed by atoms with van der Waals surface area (Å²) in [6.07, 6.45) is 3.05. The summed E-state index contributed by atoms with van der Waals surface area (Å²) in [6.45, 7) is 3.29. The lowest BCUT2D eigenvalue weighted by Crippen LogP contribution is -2.06. The molecule has 16 nitrogen and oxygen atoms in total. The summed E-state index contributed by atoms with van der Waals surface area (Å²) in [6, 6.07) is 9.27. The van der Waals surface area contributed by atoms with Crippen molar-refractivity contribution in [1.82, 2.24) is 29.9 Å². The molecule has 18 heteroatoms. The molecule has 8 N–H and O–H groups in total. The van der Waals surface area contributed by atoms with E-state index in [0.717, 1.165) is 0 Å². The molecule has 0 aliphatic rings. The first-order valence-electron chi connectivity index (χ1n) is 11.1. The molecule has 0 aliphatic heterocycles. The van der Waals surface area contributed by atoms with Crippen molar-refractivity contribution in [2.24, 2.45) is 0 Å². The largest absolute Gasteiger partial charge is 0.368 e. The molecule has 2 heterocycles. The number of nitrogen functional groups attached to an aromatic ring is 2. The molecule has 2 aromatic carbocycles. The van der Waals surface area contributed by atoms with Gasteiger partial charge in [0.2, 0.25) is 23.8 Å². The average molecular weight is 587 g/mol. The second-order valence-corrected chi connectivity index (χ2v) is 10.1. The Bertz CT molecular complexity index is 1650. The number of rotatable bonds is 10. The first kappa shape index (κ1) is 28.5. The van der Waals surface area contributed by atoms with Gasteiger partial charge in [0.25, 0.3) is 10.1 Å². The first-order valence-corrected chi connectivity index (χ1v) is 13.3. The quantitative estimate of drug-likeness (QED) is 0.0513. The van der Waals surface area contributed by atoms with Crippen LogP contribution in [0, 0.1) is 13.8 Å². The fraction of sp³-hybridized carbons (Fsp3) is 0.0909. The Hall–Kier alpha value is -4.46. The number of nitrogens with one attached hydrogen (secondary N) is 2. The molecule has 0 atom stereocenters. The van der Waals surface area contributed by atoms with Gasteiger partial charge in [0, 0.05) is 16.3 Å². The van der Waals surface area contributed by atoms with E-state index in [4.69, 9.17) is 16.7 Å². The second kappa shape index (κ2) is 12.2. The second-order valence-electron chi connectivity index (χ2n) is 7.92. The van der Waals surface area contributed by atoms with Crippen molar-refractivity contribution in [3.05, 3.63) is 59.2 Å². The lowest BCUT2D eigenvalue weighted by molar-refractivity contribution is -0.432. The summed E-state index contributed by atoms with van der Waals surface area (Å²) in [4.78, 5) is 24.1. The topological polar surface area (TPSA) is 246 Å². The van der Waals surface area contributed by atoms with E-state index in [1.165, 1.54) is 18.2 Å².